The zero-order valence-corrected chi connectivity index (χ0v) is 16.0. The Morgan fingerprint density at radius 1 is 1.33 bits per heavy atom. The average Bonchev–Trinajstić information content (AvgIpc) is 3.30. The van der Waals surface area contributed by atoms with Crippen LogP contribution in [0, 0.1) is 5.82 Å². The maximum atomic E-state index is 12.9. The molecule has 1 saturated heterocycles. The molecule has 144 valence electrons. The van der Waals surface area contributed by atoms with Gasteiger partial charge in [-0.15, -0.1) is 0 Å². The van der Waals surface area contributed by atoms with Crippen LogP contribution in [0.15, 0.2) is 24.3 Å². The summed E-state index contributed by atoms with van der Waals surface area (Å²) in [5.74, 6) is 1.84. The van der Waals surface area contributed by atoms with Crippen LogP contribution in [0.5, 0.6) is 5.75 Å². The zero-order valence-electron chi connectivity index (χ0n) is 14.4. The first-order valence-corrected chi connectivity index (χ1v) is 11.5. The molecule has 0 aliphatic carbocycles. The smallest absolute Gasteiger partial charge is 0.263 e. The number of halogens is 1. The molecule has 1 N–H and O–H groups in total. The van der Waals surface area contributed by atoms with E-state index >= 15 is 0 Å². The van der Waals surface area contributed by atoms with Crippen LogP contribution in [0.25, 0.3) is 0 Å². The Labute approximate surface area is 160 Å². The number of aromatic nitrogens is 2. The van der Waals surface area contributed by atoms with Crippen LogP contribution in [0.4, 0.5) is 10.2 Å². The van der Waals surface area contributed by atoms with Crippen molar-refractivity contribution in [2.75, 3.05) is 23.4 Å². The fourth-order valence-corrected chi connectivity index (χ4v) is 5.97. The lowest BCUT2D eigenvalue weighted by Gasteiger charge is -2.15. The molecular formula is C17H18FN3O4S2. The lowest BCUT2D eigenvalue weighted by molar-refractivity contribution is -0.118. The van der Waals surface area contributed by atoms with Gasteiger partial charge in [-0.1, -0.05) is 0 Å². The third-order valence-electron chi connectivity index (χ3n) is 4.57. The number of hydrogen-bond donors (Lipinski definition) is 1. The second kappa shape index (κ2) is 7.16. The van der Waals surface area contributed by atoms with Crippen molar-refractivity contribution in [2.45, 2.75) is 24.0 Å². The number of hydrogen-bond acceptors (Lipinski definition) is 6. The van der Waals surface area contributed by atoms with Crippen molar-refractivity contribution in [3.63, 3.8) is 0 Å². The SMILES string of the molecule is O=C(COc1ccc(F)cc1)Nc1c2c(nn1C1CCS(=O)(=O)C1)CSC2. The Morgan fingerprint density at radius 3 is 2.81 bits per heavy atom. The number of carbonyl (C=O) groups excluding carboxylic acids is 1. The van der Waals surface area contributed by atoms with Crippen LogP contribution >= 0.6 is 11.8 Å². The van der Waals surface area contributed by atoms with Gasteiger partial charge in [-0.25, -0.2) is 17.5 Å². The minimum atomic E-state index is -3.06. The molecule has 0 saturated carbocycles. The number of nitrogens with zero attached hydrogens (tertiary/aromatic N) is 2. The second-order valence-corrected chi connectivity index (χ2v) is 9.77. The maximum absolute atomic E-state index is 12.9. The molecule has 0 bridgehead atoms. The molecule has 1 fully saturated rings. The summed E-state index contributed by atoms with van der Waals surface area (Å²) >= 11 is 1.70. The van der Waals surface area contributed by atoms with E-state index in [4.69, 9.17) is 4.74 Å². The van der Waals surface area contributed by atoms with Gasteiger partial charge in [-0.3, -0.25) is 4.79 Å². The van der Waals surface area contributed by atoms with E-state index in [1.54, 1.807) is 16.4 Å². The molecule has 7 nitrogen and oxygen atoms in total. The standard InChI is InChI=1S/C17H18FN3O4S2/c18-11-1-3-13(4-2-11)25-7-16(22)19-17-14-8-26-9-15(14)20-21(17)12-5-6-27(23,24)10-12/h1-4,12H,5-10H2,(H,19,22). The average molecular weight is 411 g/mol. The highest BCUT2D eigenvalue weighted by Gasteiger charge is 2.34. The first-order chi connectivity index (χ1) is 12.9. The van der Waals surface area contributed by atoms with Gasteiger partial charge in [-0.05, 0) is 30.7 Å². The van der Waals surface area contributed by atoms with E-state index < -0.39 is 9.84 Å². The lowest BCUT2D eigenvalue weighted by atomic mass is 10.2. The van der Waals surface area contributed by atoms with Crippen molar-refractivity contribution < 1.29 is 22.3 Å². The van der Waals surface area contributed by atoms with Crippen molar-refractivity contribution in [3.05, 3.63) is 41.3 Å². The van der Waals surface area contributed by atoms with E-state index in [-0.39, 0.29) is 35.9 Å². The predicted octanol–water partition coefficient (Wildman–Crippen LogP) is 2.15. The zero-order chi connectivity index (χ0) is 19.0. The van der Waals surface area contributed by atoms with Crippen molar-refractivity contribution in [1.82, 2.24) is 9.78 Å². The number of anilines is 1. The molecule has 3 heterocycles. The molecule has 0 spiro atoms. The Morgan fingerprint density at radius 2 is 2.11 bits per heavy atom. The van der Waals surface area contributed by atoms with Gasteiger partial charge in [-0.2, -0.15) is 16.9 Å². The molecular weight excluding hydrogens is 393 g/mol. The first kappa shape index (κ1) is 18.3. The minimum Gasteiger partial charge on any atom is -0.484 e. The van der Waals surface area contributed by atoms with Gasteiger partial charge < -0.3 is 10.1 Å². The third kappa shape index (κ3) is 3.96. The van der Waals surface area contributed by atoms with Crippen LogP contribution in [0.1, 0.15) is 23.7 Å². The highest BCUT2D eigenvalue weighted by molar-refractivity contribution is 7.98. The molecule has 1 amide bonds. The quantitative estimate of drug-likeness (QED) is 0.811. The number of benzene rings is 1. The van der Waals surface area contributed by atoms with Gasteiger partial charge in [0.1, 0.15) is 17.4 Å². The molecule has 1 aromatic heterocycles. The van der Waals surface area contributed by atoms with E-state index in [0.717, 1.165) is 22.8 Å². The van der Waals surface area contributed by atoms with Gasteiger partial charge >= 0.3 is 0 Å². The fourth-order valence-electron chi connectivity index (χ4n) is 3.25. The van der Waals surface area contributed by atoms with E-state index in [2.05, 4.69) is 10.4 Å². The number of ether oxygens (including phenoxy) is 1. The summed E-state index contributed by atoms with van der Waals surface area (Å²) in [4.78, 5) is 12.4. The third-order valence-corrected chi connectivity index (χ3v) is 7.29. The van der Waals surface area contributed by atoms with Gasteiger partial charge in [0.15, 0.2) is 16.4 Å². The topological polar surface area (TPSA) is 90.3 Å². The van der Waals surface area contributed by atoms with E-state index in [0.29, 0.717) is 18.0 Å². The monoisotopic (exact) mass is 411 g/mol. The summed E-state index contributed by atoms with van der Waals surface area (Å²) in [6.45, 7) is -0.234. The lowest BCUT2D eigenvalue weighted by Crippen LogP contribution is -2.24. The van der Waals surface area contributed by atoms with E-state index in [1.807, 2.05) is 0 Å². The largest absolute Gasteiger partial charge is 0.484 e. The highest BCUT2D eigenvalue weighted by atomic mass is 32.2. The summed E-state index contributed by atoms with van der Waals surface area (Å²) < 4.78 is 43.6. The molecule has 10 heteroatoms. The molecule has 2 aromatic rings. The normalized spacial score (nSPS) is 20.4. The number of rotatable bonds is 5. The molecule has 0 radical (unpaired) electrons. The van der Waals surface area contributed by atoms with Gasteiger partial charge in [0.2, 0.25) is 0 Å². The molecule has 1 atom stereocenters. The first-order valence-electron chi connectivity index (χ1n) is 8.48. The number of carbonyl (C=O) groups is 1. The Hall–Kier alpha value is -2.07. The fraction of sp³-hybridized carbons (Fsp3) is 0.412. The minimum absolute atomic E-state index is 0.0374. The van der Waals surface area contributed by atoms with Crippen LogP contribution in [0.2, 0.25) is 0 Å². The predicted molar refractivity (Wildman–Crippen MR) is 100 cm³/mol. The number of nitrogens with one attached hydrogen (secondary N) is 1. The van der Waals surface area contributed by atoms with Crippen molar-refractivity contribution in [3.8, 4) is 5.75 Å². The summed E-state index contributed by atoms with van der Waals surface area (Å²) in [7, 11) is -3.06. The molecule has 2 aliphatic heterocycles. The van der Waals surface area contributed by atoms with E-state index in [1.165, 1.54) is 24.3 Å². The molecule has 2 aliphatic rings. The number of thioether (sulfide) groups is 1. The molecule has 1 unspecified atom stereocenters. The van der Waals surface area contributed by atoms with Gasteiger partial charge in [0.05, 0.1) is 23.2 Å². The Kier molecular flexibility index (Phi) is 4.85. The Bertz CT molecular complexity index is 973. The highest BCUT2D eigenvalue weighted by Crippen LogP contribution is 2.38. The van der Waals surface area contributed by atoms with Crippen molar-refractivity contribution >= 4 is 33.3 Å². The van der Waals surface area contributed by atoms with Gasteiger partial charge in [0.25, 0.3) is 5.91 Å². The molecule has 1 aromatic carbocycles. The van der Waals surface area contributed by atoms with Crippen LogP contribution < -0.4 is 10.1 Å². The Balaban J connectivity index is 1.49. The summed E-state index contributed by atoms with van der Waals surface area (Å²) in [5, 5.41) is 7.38. The number of sulfone groups is 1. The maximum Gasteiger partial charge on any atom is 0.263 e. The van der Waals surface area contributed by atoms with Crippen molar-refractivity contribution in [1.29, 1.82) is 0 Å². The molecule has 27 heavy (non-hydrogen) atoms. The van der Waals surface area contributed by atoms with Crippen LogP contribution in [-0.2, 0) is 26.1 Å². The summed E-state index contributed by atoms with van der Waals surface area (Å²) in [6, 6.07) is 5.15. The van der Waals surface area contributed by atoms with Crippen molar-refractivity contribution in [2.24, 2.45) is 0 Å². The summed E-state index contributed by atoms with van der Waals surface area (Å²) in [6.07, 6.45) is 0.491. The summed E-state index contributed by atoms with van der Waals surface area (Å²) in [5.41, 5.74) is 1.83. The molecule has 4 rings (SSSR count). The number of amides is 1. The van der Waals surface area contributed by atoms with Gasteiger partial charge in [0, 0.05) is 17.1 Å². The second-order valence-electron chi connectivity index (χ2n) is 6.56. The number of fused-ring (bicyclic) bond motifs is 1. The van der Waals surface area contributed by atoms with Crippen LogP contribution in [-0.4, -0.2) is 42.2 Å². The van der Waals surface area contributed by atoms with E-state index in [9.17, 15) is 17.6 Å². The van der Waals surface area contributed by atoms with Crippen LogP contribution in [0.3, 0.4) is 0 Å².